The van der Waals surface area contributed by atoms with Gasteiger partial charge < -0.3 is 5.32 Å². The molecule has 0 bridgehead atoms. The van der Waals surface area contributed by atoms with Crippen molar-refractivity contribution >= 4 is 22.5 Å². The molecule has 98 valence electrons. The van der Waals surface area contributed by atoms with Gasteiger partial charge in [0.25, 0.3) is 5.91 Å². The van der Waals surface area contributed by atoms with Gasteiger partial charge in [0.1, 0.15) is 0 Å². The van der Waals surface area contributed by atoms with Crippen molar-refractivity contribution in [2.75, 3.05) is 5.32 Å². The third-order valence-electron chi connectivity index (χ3n) is 3.02. The second kappa shape index (κ2) is 5.09. The van der Waals surface area contributed by atoms with Crippen LogP contribution in [0.2, 0.25) is 0 Å². The van der Waals surface area contributed by atoms with Crippen molar-refractivity contribution in [1.29, 1.82) is 0 Å². The summed E-state index contributed by atoms with van der Waals surface area (Å²) in [4.78, 5) is 20.5. The molecule has 0 unspecified atom stereocenters. The first-order valence-electron chi connectivity index (χ1n) is 6.31. The lowest BCUT2D eigenvalue weighted by Gasteiger charge is -2.06. The number of benzene rings is 1. The second-order valence-electron chi connectivity index (χ2n) is 4.56. The number of para-hydroxylation sites is 1. The summed E-state index contributed by atoms with van der Waals surface area (Å²) in [6.07, 6.45) is 3.22. The Labute approximate surface area is 116 Å². The van der Waals surface area contributed by atoms with Crippen molar-refractivity contribution in [3.05, 3.63) is 66.1 Å². The minimum absolute atomic E-state index is 0.186. The topological polar surface area (TPSA) is 54.9 Å². The Hall–Kier alpha value is -2.75. The van der Waals surface area contributed by atoms with Gasteiger partial charge in [-0.3, -0.25) is 14.8 Å². The summed E-state index contributed by atoms with van der Waals surface area (Å²) in [5.41, 5.74) is 2.99. The Kier molecular flexibility index (Phi) is 3.13. The molecule has 0 aliphatic heterocycles. The highest BCUT2D eigenvalue weighted by Gasteiger charge is 2.07. The van der Waals surface area contributed by atoms with Crippen molar-refractivity contribution in [2.45, 2.75) is 6.92 Å². The van der Waals surface area contributed by atoms with Gasteiger partial charge in [-0.05, 0) is 31.2 Å². The molecule has 3 rings (SSSR count). The van der Waals surface area contributed by atoms with E-state index in [0.717, 1.165) is 16.6 Å². The van der Waals surface area contributed by atoms with Crippen LogP contribution in [0.5, 0.6) is 0 Å². The Morgan fingerprint density at radius 2 is 1.90 bits per heavy atom. The Morgan fingerprint density at radius 3 is 2.70 bits per heavy atom. The van der Waals surface area contributed by atoms with E-state index in [1.807, 2.05) is 43.3 Å². The highest BCUT2D eigenvalue weighted by molar-refractivity contribution is 6.04. The average Bonchev–Trinajstić information content (AvgIpc) is 2.48. The molecular formula is C16H13N3O. The number of aromatic nitrogens is 2. The number of hydrogen-bond acceptors (Lipinski definition) is 3. The second-order valence-corrected chi connectivity index (χ2v) is 4.56. The molecular weight excluding hydrogens is 250 g/mol. The van der Waals surface area contributed by atoms with Gasteiger partial charge in [-0.15, -0.1) is 0 Å². The van der Waals surface area contributed by atoms with Crippen molar-refractivity contribution in [3.63, 3.8) is 0 Å². The van der Waals surface area contributed by atoms with Crippen LogP contribution in [-0.4, -0.2) is 15.9 Å². The fourth-order valence-electron chi connectivity index (χ4n) is 1.94. The number of aryl methyl sites for hydroxylation is 1. The largest absolute Gasteiger partial charge is 0.321 e. The number of rotatable bonds is 2. The third-order valence-corrected chi connectivity index (χ3v) is 3.02. The van der Waals surface area contributed by atoms with Gasteiger partial charge in [0.2, 0.25) is 0 Å². The maximum absolute atomic E-state index is 12.1. The summed E-state index contributed by atoms with van der Waals surface area (Å²) in [5.74, 6) is -0.186. The van der Waals surface area contributed by atoms with Crippen LogP contribution in [0.15, 0.2) is 54.9 Å². The number of carbonyl (C=O) groups is 1. The normalized spacial score (nSPS) is 10.4. The number of nitrogens with one attached hydrogen (secondary N) is 1. The number of pyridine rings is 2. The van der Waals surface area contributed by atoms with E-state index in [2.05, 4.69) is 15.3 Å². The Balaban J connectivity index is 1.85. The number of carbonyl (C=O) groups excluding carboxylic acids is 1. The zero-order valence-electron chi connectivity index (χ0n) is 11.0. The minimum atomic E-state index is -0.186. The fourth-order valence-corrected chi connectivity index (χ4v) is 1.94. The van der Waals surface area contributed by atoms with Crippen molar-refractivity contribution in [2.24, 2.45) is 0 Å². The molecule has 1 aromatic carbocycles. The zero-order chi connectivity index (χ0) is 13.9. The molecule has 0 fully saturated rings. The molecule has 0 saturated heterocycles. The summed E-state index contributed by atoms with van der Waals surface area (Å²) in [6.45, 7) is 1.88. The first kappa shape index (κ1) is 12.3. The molecule has 1 N–H and O–H groups in total. The number of nitrogens with zero attached hydrogens (tertiary/aromatic N) is 2. The van der Waals surface area contributed by atoms with Crippen LogP contribution in [0, 0.1) is 6.92 Å². The maximum atomic E-state index is 12.1. The van der Waals surface area contributed by atoms with Gasteiger partial charge in [0, 0.05) is 17.3 Å². The molecule has 1 amide bonds. The molecule has 4 heteroatoms. The first-order chi connectivity index (χ1) is 9.72. The van der Waals surface area contributed by atoms with E-state index in [0.29, 0.717) is 11.3 Å². The zero-order valence-corrected chi connectivity index (χ0v) is 11.0. The number of fused-ring (bicyclic) bond motifs is 1. The van der Waals surface area contributed by atoms with E-state index in [-0.39, 0.29) is 5.91 Å². The van der Waals surface area contributed by atoms with E-state index in [4.69, 9.17) is 0 Å². The lowest BCUT2D eigenvalue weighted by atomic mass is 10.2. The predicted molar refractivity (Wildman–Crippen MR) is 78.7 cm³/mol. The molecule has 2 aromatic heterocycles. The molecule has 3 aromatic rings. The van der Waals surface area contributed by atoms with Crippen LogP contribution < -0.4 is 5.32 Å². The molecule has 0 radical (unpaired) electrons. The number of anilines is 1. The van der Waals surface area contributed by atoms with E-state index < -0.39 is 0 Å². The summed E-state index contributed by atoms with van der Waals surface area (Å²) in [5, 5.41) is 3.82. The average molecular weight is 263 g/mol. The molecule has 0 atom stereocenters. The standard InChI is InChI=1S/C16H13N3O/c1-11-6-7-13(9-17-11)16(20)19-14-8-12-4-2-3-5-15(12)18-10-14/h2-10H,1H3,(H,19,20). The fraction of sp³-hybridized carbons (Fsp3) is 0.0625. The summed E-state index contributed by atoms with van der Waals surface area (Å²) < 4.78 is 0. The van der Waals surface area contributed by atoms with Crippen molar-refractivity contribution in [3.8, 4) is 0 Å². The first-order valence-corrected chi connectivity index (χ1v) is 6.31. The van der Waals surface area contributed by atoms with Gasteiger partial charge in [-0.25, -0.2) is 0 Å². The third kappa shape index (κ3) is 2.49. The van der Waals surface area contributed by atoms with Crippen LogP contribution >= 0.6 is 0 Å². The van der Waals surface area contributed by atoms with E-state index in [1.165, 1.54) is 0 Å². The van der Waals surface area contributed by atoms with Crippen molar-refractivity contribution < 1.29 is 4.79 Å². The van der Waals surface area contributed by atoms with Crippen molar-refractivity contribution in [1.82, 2.24) is 9.97 Å². The molecule has 0 spiro atoms. The van der Waals surface area contributed by atoms with Gasteiger partial charge >= 0.3 is 0 Å². The smallest absolute Gasteiger partial charge is 0.257 e. The van der Waals surface area contributed by atoms with Gasteiger partial charge in [0.15, 0.2) is 0 Å². The molecule has 2 heterocycles. The molecule has 20 heavy (non-hydrogen) atoms. The van der Waals surface area contributed by atoms with E-state index >= 15 is 0 Å². The van der Waals surface area contributed by atoms with Gasteiger partial charge in [0.05, 0.1) is 23.0 Å². The van der Waals surface area contributed by atoms with Crippen LogP contribution in [-0.2, 0) is 0 Å². The lowest BCUT2D eigenvalue weighted by Crippen LogP contribution is -2.12. The summed E-state index contributed by atoms with van der Waals surface area (Å²) in [7, 11) is 0. The molecule has 0 aliphatic carbocycles. The molecule has 0 saturated carbocycles. The highest BCUT2D eigenvalue weighted by atomic mass is 16.1. The van der Waals surface area contributed by atoms with Gasteiger partial charge in [-0.1, -0.05) is 18.2 Å². The Morgan fingerprint density at radius 1 is 1.05 bits per heavy atom. The quantitative estimate of drug-likeness (QED) is 0.772. The SMILES string of the molecule is Cc1ccc(C(=O)Nc2cnc3ccccc3c2)cn1. The van der Waals surface area contributed by atoms with E-state index in [9.17, 15) is 4.79 Å². The summed E-state index contributed by atoms with van der Waals surface area (Å²) >= 11 is 0. The van der Waals surface area contributed by atoms with Crippen LogP contribution in [0.25, 0.3) is 10.9 Å². The summed E-state index contributed by atoms with van der Waals surface area (Å²) in [6, 6.07) is 13.3. The predicted octanol–water partition coefficient (Wildman–Crippen LogP) is 3.19. The van der Waals surface area contributed by atoms with Crippen LogP contribution in [0.1, 0.15) is 16.1 Å². The maximum Gasteiger partial charge on any atom is 0.257 e. The molecule has 0 aliphatic rings. The Bertz CT molecular complexity index is 766. The highest BCUT2D eigenvalue weighted by Crippen LogP contribution is 2.16. The number of amides is 1. The monoisotopic (exact) mass is 263 g/mol. The van der Waals surface area contributed by atoms with Gasteiger partial charge in [-0.2, -0.15) is 0 Å². The lowest BCUT2D eigenvalue weighted by molar-refractivity contribution is 0.102. The van der Waals surface area contributed by atoms with Crippen LogP contribution in [0.3, 0.4) is 0 Å². The molecule has 4 nitrogen and oxygen atoms in total. The minimum Gasteiger partial charge on any atom is -0.321 e. The number of hydrogen-bond donors (Lipinski definition) is 1. The van der Waals surface area contributed by atoms with Crippen LogP contribution in [0.4, 0.5) is 5.69 Å². The van der Waals surface area contributed by atoms with E-state index in [1.54, 1.807) is 18.5 Å².